The molecule has 1 N–H and O–H groups in total. The molecule has 2 unspecified atom stereocenters. The van der Waals surface area contributed by atoms with Gasteiger partial charge in [-0.15, -0.1) is 0 Å². The van der Waals surface area contributed by atoms with Crippen LogP contribution in [0.4, 0.5) is 5.69 Å². The van der Waals surface area contributed by atoms with Gasteiger partial charge in [-0.2, -0.15) is 0 Å². The van der Waals surface area contributed by atoms with Gasteiger partial charge >= 0.3 is 0 Å². The molecule has 0 heterocycles. The zero-order chi connectivity index (χ0) is 32.6. The third-order valence-corrected chi connectivity index (χ3v) is 10.1. The van der Waals surface area contributed by atoms with Crippen molar-refractivity contribution in [2.24, 2.45) is 0 Å². The number of sulfonamides is 1. The molecule has 0 saturated carbocycles. The first kappa shape index (κ1) is 34.3. The molecule has 45 heavy (non-hydrogen) atoms. The Kier molecular flexibility index (Phi) is 11.9. The SMILES string of the molecule is CCC(C)NC(=O)C(Cc1ccccc1)N(Cc1ccc(Cl)cc1)C(=O)CN(c1ccc(Cl)c(Cl)c1)S(=O)(=O)c1ccccc1. The van der Waals surface area contributed by atoms with E-state index in [9.17, 15) is 18.0 Å². The average Bonchev–Trinajstić information content (AvgIpc) is 3.04. The van der Waals surface area contributed by atoms with Gasteiger partial charge in [0.2, 0.25) is 11.8 Å². The molecule has 4 aromatic carbocycles. The fourth-order valence-corrected chi connectivity index (χ4v) is 6.52. The minimum atomic E-state index is -4.25. The van der Waals surface area contributed by atoms with Crippen molar-refractivity contribution in [3.8, 4) is 0 Å². The molecule has 7 nitrogen and oxygen atoms in total. The second-order valence-electron chi connectivity index (χ2n) is 10.6. The highest BCUT2D eigenvalue weighted by Crippen LogP contribution is 2.31. The topological polar surface area (TPSA) is 86.8 Å². The lowest BCUT2D eigenvalue weighted by Crippen LogP contribution is -2.54. The number of rotatable bonds is 13. The minimum absolute atomic E-state index is 0.0107. The van der Waals surface area contributed by atoms with E-state index in [1.54, 1.807) is 42.5 Å². The summed E-state index contributed by atoms with van der Waals surface area (Å²) in [6, 6.07) is 27.4. The van der Waals surface area contributed by atoms with Gasteiger partial charge in [-0.25, -0.2) is 8.42 Å². The number of carbonyl (C=O) groups excluding carboxylic acids is 2. The van der Waals surface area contributed by atoms with Crippen molar-refractivity contribution in [1.82, 2.24) is 10.2 Å². The zero-order valence-corrected chi connectivity index (χ0v) is 28.0. The molecule has 0 bridgehead atoms. The van der Waals surface area contributed by atoms with Crippen LogP contribution >= 0.6 is 34.8 Å². The van der Waals surface area contributed by atoms with E-state index in [1.165, 1.54) is 35.2 Å². The van der Waals surface area contributed by atoms with Gasteiger partial charge in [0.15, 0.2) is 0 Å². The molecular formula is C34H34Cl3N3O4S. The Labute approximate surface area is 279 Å². The maximum absolute atomic E-state index is 14.5. The molecule has 0 saturated heterocycles. The van der Waals surface area contributed by atoms with Crippen LogP contribution < -0.4 is 9.62 Å². The van der Waals surface area contributed by atoms with Gasteiger partial charge in [-0.05, 0) is 66.9 Å². The van der Waals surface area contributed by atoms with Crippen LogP contribution in [0.3, 0.4) is 0 Å². The average molecular weight is 687 g/mol. The van der Waals surface area contributed by atoms with Crippen molar-refractivity contribution >= 4 is 62.3 Å². The number of benzene rings is 4. The molecule has 0 spiro atoms. The number of anilines is 1. The van der Waals surface area contributed by atoms with Crippen LogP contribution in [0.25, 0.3) is 0 Å². The molecule has 4 rings (SSSR count). The van der Waals surface area contributed by atoms with E-state index in [0.717, 1.165) is 9.87 Å². The van der Waals surface area contributed by atoms with E-state index in [-0.39, 0.29) is 45.5 Å². The number of nitrogens with one attached hydrogen (secondary N) is 1. The highest BCUT2D eigenvalue weighted by Gasteiger charge is 2.35. The molecule has 2 amide bonds. The molecular weight excluding hydrogens is 653 g/mol. The number of nitrogens with zero attached hydrogens (tertiary/aromatic N) is 2. The minimum Gasteiger partial charge on any atom is -0.352 e. The highest BCUT2D eigenvalue weighted by molar-refractivity contribution is 7.92. The van der Waals surface area contributed by atoms with Gasteiger partial charge in [0.25, 0.3) is 10.0 Å². The summed E-state index contributed by atoms with van der Waals surface area (Å²) < 4.78 is 29.1. The number of amides is 2. The van der Waals surface area contributed by atoms with Crippen LogP contribution in [-0.2, 0) is 32.6 Å². The zero-order valence-electron chi connectivity index (χ0n) is 24.9. The van der Waals surface area contributed by atoms with Gasteiger partial charge in [0, 0.05) is 24.0 Å². The van der Waals surface area contributed by atoms with Crippen LogP contribution in [0.5, 0.6) is 0 Å². The molecule has 4 aromatic rings. The Bertz CT molecular complexity index is 1710. The van der Waals surface area contributed by atoms with Crippen LogP contribution in [0.1, 0.15) is 31.4 Å². The number of hydrogen-bond donors (Lipinski definition) is 1. The summed E-state index contributed by atoms with van der Waals surface area (Å²) in [5, 5.41) is 3.90. The van der Waals surface area contributed by atoms with Gasteiger partial charge in [0.1, 0.15) is 12.6 Å². The van der Waals surface area contributed by atoms with Gasteiger partial charge < -0.3 is 10.2 Å². The van der Waals surface area contributed by atoms with Crippen LogP contribution in [0.2, 0.25) is 15.1 Å². The Hall–Kier alpha value is -3.56. The van der Waals surface area contributed by atoms with Crippen molar-refractivity contribution in [3.63, 3.8) is 0 Å². The second kappa shape index (κ2) is 15.6. The van der Waals surface area contributed by atoms with E-state index in [2.05, 4.69) is 5.32 Å². The fourth-order valence-electron chi connectivity index (χ4n) is 4.67. The largest absolute Gasteiger partial charge is 0.352 e. The lowest BCUT2D eigenvalue weighted by Gasteiger charge is -2.34. The predicted octanol–water partition coefficient (Wildman–Crippen LogP) is 7.40. The van der Waals surface area contributed by atoms with Crippen LogP contribution in [0.15, 0.2) is 108 Å². The molecule has 236 valence electrons. The number of hydrogen-bond acceptors (Lipinski definition) is 4. The fraction of sp³-hybridized carbons (Fsp3) is 0.235. The normalized spacial score (nSPS) is 12.6. The molecule has 0 aliphatic rings. The summed E-state index contributed by atoms with van der Waals surface area (Å²) in [6.07, 6.45) is 0.899. The van der Waals surface area contributed by atoms with Crippen molar-refractivity contribution in [3.05, 3.63) is 129 Å². The summed E-state index contributed by atoms with van der Waals surface area (Å²) in [4.78, 5) is 29.8. The monoisotopic (exact) mass is 685 g/mol. The molecule has 2 atom stereocenters. The summed E-state index contributed by atoms with van der Waals surface area (Å²) in [5.41, 5.74) is 1.71. The molecule has 0 fully saturated rings. The highest BCUT2D eigenvalue weighted by atomic mass is 35.5. The lowest BCUT2D eigenvalue weighted by atomic mass is 10.0. The Morgan fingerprint density at radius 2 is 1.42 bits per heavy atom. The molecule has 11 heteroatoms. The molecule has 0 radical (unpaired) electrons. The Morgan fingerprint density at radius 1 is 0.800 bits per heavy atom. The third-order valence-electron chi connectivity index (χ3n) is 7.34. The maximum atomic E-state index is 14.5. The summed E-state index contributed by atoms with van der Waals surface area (Å²) in [7, 11) is -4.25. The molecule has 0 aliphatic carbocycles. The van der Waals surface area contributed by atoms with Gasteiger partial charge in [-0.1, -0.05) is 102 Å². The Morgan fingerprint density at radius 3 is 2.02 bits per heavy atom. The first-order valence-electron chi connectivity index (χ1n) is 14.4. The van der Waals surface area contributed by atoms with Crippen LogP contribution in [-0.4, -0.2) is 43.8 Å². The Balaban J connectivity index is 1.81. The van der Waals surface area contributed by atoms with Gasteiger partial charge in [0.05, 0.1) is 20.6 Å². The van der Waals surface area contributed by atoms with E-state index in [1.807, 2.05) is 44.2 Å². The van der Waals surface area contributed by atoms with Crippen LogP contribution in [0, 0.1) is 0 Å². The number of halogens is 3. The van der Waals surface area contributed by atoms with Crippen molar-refractivity contribution in [1.29, 1.82) is 0 Å². The smallest absolute Gasteiger partial charge is 0.264 e. The second-order valence-corrected chi connectivity index (χ2v) is 13.7. The summed E-state index contributed by atoms with van der Waals surface area (Å²) in [5.74, 6) is -0.932. The standard InChI is InChI=1S/C34H34Cl3N3O4S/c1-3-24(2)38-34(42)32(20-25-10-6-4-7-11-25)39(22-26-14-16-27(35)17-15-26)33(41)23-40(28-18-19-30(36)31(37)21-28)45(43,44)29-12-8-5-9-13-29/h4-19,21,24,32H,3,20,22-23H2,1-2H3,(H,38,42). The number of carbonyl (C=O) groups is 2. The van der Waals surface area contributed by atoms with E-state index >= 15 is 0 Å². The van der Waals surface area contributed by atoms with Crippen molar-refractivity contribution in [2.75, 3.05) is 10.8 Å². The van der Waals surface area contributed by atoms with E-state index < -0.39 is 28.5 Å². The molecule has 0 aliphatic heterocycles. The van der Waals surface area contributed by atoms with E-state index in [0.29, 0.717) is 17.0 Å². The quantitative estimate of drug-likeness (QED) is 0.159. The van der Waals surface area contributed by atoms with Gasteiger partial charge in [-0.3, -0.25) is 13.9 Å². The third kappa shape index (κ3) is 9.01. The summed E-state index contributed by atoms with van der Waals surface area (Å²) >= 11 is 18.6. The van der Waals surface area contributed by atoms with Crippen molar-refractivity contribution < 1.29 is 18.0 Å². The van der Waals surface area contributed by atoms with E-state index in [4.69, 9.17) is 34.8 Å². The summed E-state index contributed by atoms with van der Waals surface area (Å²) in [6.45, 7) is 3.27. The first-order chi connectivity index (χ1) is 21.5. The lowest BCUT2D eigenvalue weighted by molar-refractivity contribution is -0.140. The molecule has 0 aromatic heterocycles. The van der Waals surface area contributed by atoms with Crippen molar-refractivity contribution in [2.45, 2.75) is 50.2 Å². The predicted molar refractivity (Wildman–Crippen MR) is 181 cm³/mol. The maximum Gasteiger partial charge on any atom is 0.264 e. The first-order valence-corrected chi connectivity index (χ1v) is 17.0.